The Labute approximate surface area is 152 Å². The highest BCUT2D eigenvalue weighted by Gasteiger charge is 2.55. The van der Waals surface area contributed by atoms with Gasteiger partial charge in [-0.05, 0) is 25.0 Å². The van der Waals surface area contributed by atoms with Gasteiger partial charge in [0.15, 0.2) is 0 Å². The number of carbonyl (C=O) groups excluding carboxylic acids is 2. The van der Waals surface area contributed by atoms with Crippen LogP contribution in [0.3, 0.4) is 0 Å². The number of ketones is 1. The van der Waals surface area contributed by atoms with Crippen LogP contribution in [0.4, 0.5) is 0 Å². The first kappa shape index (κ1) is 18.4. The van der Waals surface area contributed by atoms with Gasteiger partial charge in [0.2, 0.25) is 11.8 Å². The molecule has 2 aliphatic rings. The number of carbonyl (C=O) groups is 2. The van der Waals surface area contributed by atoms with Crippen LogP contribution in [0.15, 0.2) is 18.2 Å². The maximum atomic E-state index is 13.0. The lowest BCUT2D eigenvalue weighted by Gasteiger charge is -2.26. The lowest BCUT2D eigenvalue weighted by atomic mass is 9.85. The molecule has 0 amide bonds. The molecule has 140 valence electrons. The lowest BCUT2D eigenvalue weighted by Crippen LogP contribution is -2.47. The van der Waals surface area contributed by atoms with Gasteiger partial charge in [-0.2, -0.15) is 0 Å². The van der Waals surface area contributed by atoms with Crippen LogP contribution < -0.4 is 9.47 Å². The number of rotatable bonds is 5. The number of esters is 1. The zero-order valence-corrected chi connectivity index (χ0v) is 15.3. The summed E-state index contributed by atoms with van der Waals surface area (Å²) in [7, 11) is 3.02. The van der Waals surface area contributed by atoms with E-state index in [2.05, 4.69) is 0 Å². The van der Waals surface area contributed by atoms with E-state index in [-0.39, 0.29) is 29.8 Å². The molecular formula is C19H24NO6+. The van der Waals surface area contributed by atoms with Gasteiger partial charge in [0.25, 0.3) is 6.04 Å². The fourth-order valence-corrected chi connectivity index (χ4v) is 4.20. The second-order valence-corrected chi connectivity index (χ2v) is 6.84. The van der Waals surface area contributed by atoms with Crippen LogP contribution in [-0.2, 0) is 9.53 Å². The fraction of sp³-hybridized carbons (Fsp3) is 0.579. The quantitative estimate of drug-likeness (QED) is 0.455. The minimum absolute atomic E-state index is 0.00165. The van der Waals surface area contributed by atoms with E-state index in [1.54, 1.807) is 18.2 Å². The number of hydrogen-bond donors (Lipinski definition) is 0. The number of Topliss-reactive ketones (excluding diaryl/α,β-unsaturated/α-hetero) is 1. The first-order valence-corrected chi connectivity index (χ1v) is 8.85. The number of methoxy groups -OCH3 is 2. The number of benzene rings is 1. The van der Waals surface area contributed by atoms with Crippen LogP contribution in [0, 0.1) is 10.8 Å². The number of hydrogen-bond acceptors (Lipinski definition) is 6. The Balaban J connectivity index is 1.78. The zero-order valence-electron chi connectivity index (χ0n) is 15.3. The normalized spacial score (nSPS) is 27.6. The van der Waals surface area contributed by atoms with Crippen LogP contribution in [-0.4, -0.2) is 48.9 Å². The van der Waals surface area contributed by atoms with Crippen LogP contribution >= 0.6 is 0 Å². The van der Waals surface area contributed by atoms with Crippen molar-refractivity contribution in [3.8, 4) is 11.5 Å². The summed E-state index contributed by atoms with van der Waals surface area (Å²) in [5.74, 6) is 0.413. The molecule has 1 aliphatic carbocycles. The van der Waals surface area contributed by atoms with Crippen LogP contribution in [0.5, 0.6) is 11.5 Å². The van der Waals surface area contributed by atoms with Gasteiger partial charge in [-0.1, -0.05) is 0 Å². The molecule has 7 heteroatoms. The number of ether oxygens (including phenoxy) is 3. The third-order valence-corrected chi connectivity index (χ3v) is 5.42. The Hall–Kier alpha value is -2.44. The first-order chi connectivity index (χ1) is 12.5. The summed E-state index contributed by atoms with van der Waals surface area (Å²) in [4.78, 5) is 37.1. The lowest BCUT2D eigenvalue weighted by molar-refractivity contribution is -0.622. The van der Waals surface area contributed by atoms with Crippen LogP contribution in [0.2, 0.25) is 0 Å². The van der Waals surface area contributed by atoms with Crippen molar-refractivity contribution in [3.63, 3.8) is 0 Å². The Morgan fingerprint density at radius 1 is 1.08 bits per heavy atom. The van der Waals surface area contributed by atoms with Crippen molar-refractivity contribution in [2.24, 2.45) is 5.92 Å². The summed E-state index contributed by atoms with van der Waals surface area (Å²) in [6, 6.07) is 3.93. The largest absolute Gasteiger partial charge is 0.497 e. The van der Waals surface area contributed by atoms with E-state index in [1.807, 2.05) is 0 Å². The standard InChI is InChI=1S/C19H24NO6/c1-11(21)26-17-9-8-15-13(17)6-7-16(20(15)23)19(22)14-5-4-12(24-2)10-18(14)25-3/h4-5,10,13,15-17H,6-9H2,1-3H3/q+1. The van der Waals surface area contributed by atoms with Crippen LogP contribution in [0.1, 0.15) is 43.0 Å². The van der Waals surface area contributed by atoms with Crippen LogP contribution in [0.25, 0.3) is 0 Å². The molecule has 1 aliphatic heterocycles. The Kier molecular flexibility index (Phi) is 5.25. The van der Waals surface area contributed by atoms with Gasteiger partial charge in [-0.3, -0.25) is 9.59 Å². The van der Waals surface area contributed by atoms with E-state index in [0.717, 1.165) is 4.76 Å². The maximum absolute atomic E-state index is 13.0. The average molecular weight is 362 g/mol. The molecule has 0 aromatic heterocycles. The van der Waals surface area contributed by atoms with Crippen molar-refractivity contribution in [2.75, 3.05) is 14.2 Å². The molecule has 1 saturated heterocycles. The summed E-state index contributed by atoms with van der Waals surface area (Å²) in [5, 5.41) is 0. The van der Waals surface area contributed by atoms with Crippen molar-refractivity contribution in [2.45, 2.75) is 50.8 Å². The summed E-state index contributed by atoms with van der Waals surface area (Å²) in [6.45, 7) is 1.38. The molecule has 4 atom stereocenters. The van der Waals surface area contributed by atoms with E-state index < -0.39 is 6.04 Å². The Bertz CT molecular complexity index is 731. The highest BCUT2D eigenvalue weighted by molar-refractivity contribution is 6.01. The topological polar surface area (TPSA) is 81.9 Å². The molecule has 0 bridgehead atoms. The predicted octanol–water partition coefficient (Wildman–Crippen LogP) is 2.54. The Morgan fingerprint density at radius 3 is 2.50 bits per heavy atom. The monoisotopic (exact) mass is 362 g/mol. The summed E-state index contributed by atoms with van der Waals surface area (Å²) in [6.07, 6.45) is 2.21. The molecule has 1 aromatic rings. The van der Waals surface area contributed by atoms with Gasteiger partial charge in [0.1, 0.15) is 17.6 Å². The summed E-state index contributed by atoms with van der Waals surface area (Å²) < 4.78 is 16.7. The fourth-order valence-electron chi connectivity index (χ4n) is 4.20. The minimum Gasteiger partial charge on any atom is -0.497 e. The molecule has 0 N–H and O–H groups in total. The SMILES string of the molecule is COc1ccc(C(=O)C2CCC3C(OC(C)=O)CCC3[N+]2=O)c(OC)c1. The smallest absolute Gasteiger partial charge is 0.302 e. The highest BCUT2D eigenvalue weighted by Crippen LogP contribution is 2.40. The van der Waals surface area contributed by atoms with Gasteiger partial charge < -0.3 is 14.2 Å². The third-order valence-electron chi connectivity index (χ3n) is 5.42. The van der Waals surface area contributed by atoms with Gasteiger partial charge in [-0.15, -0.1) is 0 Å². The average Bonchev–Trinajstić information content (AvgIpc) is 3.04. The van der Waals surface area contributed by atoms with Crippen molar-refractivity contribution in [3.05, 3.63) is 28.7 Å². The van der Waals surface area contributed by atoms with Gasteiger partial charge in [0, 0.05) is 35.5 Å². The highest BCUT2D eigenvalue weighted by atomic mass is 16.5. The van der Waals surface area contributed by atoms with E-state index in [4.69, 9.17) is 14.2 Å². The number of nitrogens with zero attached hydrogens (tertiary/aromatic N) is 1. The summed E-state index contributed by atoms with van der Waals surface area (Å²) in [5.41, 5.74) is 0.382. The summed E-state index contributed by atoms with van der Waals surface area (Å²) >= 11 is 0. The van der Waals surface area contributed by atoms with Crippen molar-refractivity contribution in [1.29, 1.82) is 0 Å². The molecule has 3 rings (SSSR count). The molecule has 7 nitrogen and oxygen atoms in total. The van der Waals surface area contributed by atoms with Gasteiger partial charge >= 0.3 is 5.97 Å². The molecule has 0 spiro atoms. The first-order valence-electron chi connectivity index (χ1n) is 8.85. The van der Waals surface area contributed by atoms with Gasteiger partial charge in [-0.25, -0.2) is 0 Å². The zero-order chi connectivity index (χ0) is 18.8. The van der Waals surface area contributed by atoms with E-state index in [9.17, 15) is 14.5 Å². The Morgan fingerprint density at radius 2 is 1.85 bits per heavy atom. The third kappa shape index (κ3) is 3.30. The number of fused-ring (bicyclic) bond motifs is 1. The van der Waals surface area contributed by atoms with E-state index in [1.165, 1.54) is 21.1 Å². The second-order valence-electron chi connectivity index (χ2n) is 6.84. The molecule has 0 radical (unpaired) electrons. The molecule has 26 heavy (non-hydrogen) atoms. The van der Waals surface area contributed by atoms with Gasteiger partial charge in [0.05, 0.1) is 25.7 Å². The number of piperidine rings is 1. The number of nitroso groups, excluding NO2 is 1. The molecule has 1 heterocycles. The second kappa shape index (κ2) is 7.43. The van der Waals surface area contributed by atoms with Crippen molar-refractivity contribution < 1.29 is 28.6 Å². The molecule has 4 unspecified atom stereocenters. The van der Waals surface area contributed by atoms with Crippen molar-refractivity contribution in [1.82, 2.24) is 0 Å². The molecular weight excluding hydrogens is 338 g/mol. The van der Waals surface area contributed by atoms with E-state index >= 15 is 0 Å². The molecule has 2 fully saturated rings. The minimum atomic E-state index is -0.741. The maximum Gasteiger partial charge on any atom is 0.302 e. The van der Waals surface area contributed by atoms with Crippen molar-refractivity contribution >= 4 is 11.8 Å². The molecule has 1 saturated carbocycles. The van der Waals surface area contributed by atoms with E-state index in [0.29, 0.717) is 42.7 Å². The predicted molar refractivity (Wildman–Crippen MR) is 92.6 cm³/mol. The molecule has 1 aromatic carbocycles.